The van der Waals surface area contributed by atoms with Gasteiger partial charge in [0.1, 0.15) is 13.2 Å². The van der Waals surface area contributed by atoms with Gasteiger partial charge in [-0.2, -0.15) is 0 Å². The summed E-state index contributed by atoms with van der Waals surface area (Å²) in [5.74, 6) is 1.36. The Kier molecular flexibility index (Phi) is 4.31. The van der Waals surface area contributed by atoms with Gasteiger partial charge < -0.3 is 14.8 Å². The van der Waals surface area contributed by atoms with Crippen molar-refractivity contribution in [1.82, 2.24) is 5.32 Å². The minimum atomic E-state index is 0.0543. The smallest absolute Gasteiger partial charge is 0.219 e. The average molecular weight is 270 g/mol. The molecule has 1 aromatic carbocycles. The molecular formula is C13H16ClNO3. The van der Waals surface area contributed by atoms with E-state index in [1.165, 1.54) is 0 Å². The van der Waals surface area contributed by atoms with Crippen LogP contribution in [0.5, 0.6) is 11.5 Å². The summed E-state index contributed by atoms with van der Waals surface area (Å²) in [6.45, 7) is 3.50. The summed E-state index contributed by atoms with van der Waals surface area (Å²) in [5, 5.41) is 3.39. The fourth-order valence-corrected chi connectivity index (χ4v) is 2.07. The first-order valence-corrected chi connectivity index (χ1v) is 6.43. The largest absolute Gasteiger partial charge is 0.486 e. The van der Waals surface area contributed by atoms with Gasteiger partial charge in [-0.1, -0.05) is 18.5 Å². The lowest BCUT2D eigenvalue weighted by Gasteiger charge is -2.20. The molecule has 1 aromatic rings. The van der Waals surface area contributed by atoms with Crippen molar-refractivity contribution in [3.05, 3.63) is 22.7 Å². The Labute approximate surface area is 111 Å². The van der Waals surface area contributed by atoms with Crippen LogP contribution in [-0.2, 0) is 11.2 Å². The molecule has 0 unspecified atom stereocenters. The molecule has 0 aliphatic carbocycles. The van der Waals surface area contributed by atoms with E-state index in [4.69, 9.17) is 21.1 Å². The number of carbonyl (C=O) groups is 1. The highest BCUT2D eigenvalue weighted by Gasteiger charge is 2.16. The Balaban J connectivity index is 2.01. The van der Waals surface area contributed by atoms with Crippen molar-refractivity contribution in [2.45, 2.75) is 19.8 Å². The van der Waals surface area contributed by atoms with E-state index in [1.54, 1.807) is 0 Å². The van der Waals surface area contributed by atoms with Gasteiger partial charge >= 0.3 is 0 Å². The molecule has 1 N–H and O–H groups in total. The van der Waals surface area contributed by atoms with Crippen LogP contribution in [0.1, 0.15) is 18.9 Å². The molecule has 1 heterocycles. The number of ether oxygens (including phenoxy) is 2. The number of fused-ring (bicyclic) bond motifs is 1. The molecule has 0 saturated carbocycles. The topological polar surface area (TPSA) is 47.6 Å². The van der Waals surface area contributed by atoms with Gasteiger partial charge in [-0.3, -0.25) is 4.79 Å². The molecule has 0 bridgehead atoms. The summed E-state index contributed by atoms with van der Waals surface area (Å²) in [6.07, 6.45) is 1.23. The molecule has 1 aliphatic rings. The zero-order valence-electron chi connectivity index (χ0n) is 10.3. The van der Waals surface area contributed by atoms with Crippen molar-refractivity contribution in [2.75, 3.05) is 19.8 Å². The lowest BCUT2D eigenvalue weighted by Crippen LogP contribution is -2.24. The number of rotatable bonds is 4. The lowest BCUT2D eigenvalue weighted by molar-refractivity contribution is -0.120. The van der Waals surface area contributed by atoms with E-state index < -0.39 is 0 Å². The van der Waals surface area contributed by atoms with Crippen LogP contribution >= 0.6 is 11.6 Å². The van der Waals surface area contributed by atoms with Gasteiger partial charge in [-0.15, -0.1) is 0 Å². The van der Waals surface area contributed by atoms with Gasteiger partial charge in [0.2, 0.25) is 5.91 Å². The van der Waals surface area contributed by atoms with Crippen molar-refractivity contribution < 1.29 is 14.3 Å². The van der Waals surface area contributed by atoms with E-state index in [9.17, 15) is 4.79 Å². The second-order valence-electron chi connectivity index (χ2n) is 4.06. The maximum Gasteiger partial charge on any atom is 0.219 e. The monoisotopic (exact) mass is 269 g/mol. The zero-order valence-corrected chi connectivity index (χ0v) is 11.0. The number of hydrogen-bond donors (Lipinski definition) is 1. The van der Waals surface area contributed by atoms with E-state index in [2.05, 4.69) is 5.32 Å². The first-order chi connectivity index (χ1) is 8.70. The molecule has 1 aliphatic heterocycles. The highest BCUT2D eigenvalue weighted by atomic mass is 35.5. The average Bonchev–Trinajstić information content (AvgIpc) is 2.38. The van der Waals surface area contributed by atoms with E-state index >= 15 is 0 Å². The van der Waals surface area contributed by atoms with Crippen LogP contribution in [0.3, 0.4) is 0 Å². The van der Waals surface area contributed by atoms with E-state index in [0.717, 1.165) is 12.0 Å². The molecule has 0 atom stereocenters. The van der Waals surface area contributed by atoms with Crippen LogP contribution in [-0.4, -0.2) is 25.7 Å². The van der Waals surface area contributed by atoms with Crippen LogP contribution in [0.2, 0.25) is 5.02 Å². The fourth-order valence-electron chi connectivity index (χ4n) is 1.78. The van der Waals surface area contributed by atoms with Gasteiger partial charge in [0.05, 0.1) is 5.02 Å². The van der Waals surface area contributed by atoms with E-state index in [-0.39, 0.29) is 5.91 Å². The highest BCUT2D eigenvalue weighted by molar-refractivity contribution is 6.32. The number of amides is 1. The lowest BCUT2D eigenvalue weighted by atomic mass is 10.1. The van der Waals surface area contributed by atoms with Gasteiger partial charge in [-0.05, 0) is 24.1 Å². The first kappa shape index (κ1) is 13.0. The summed E-state index contributed by atoms with van der Waals surface area (Å²) in [4.78, 5) is 11.1. The van der Waals surface area contributed by atoms with Crippen molar-refractivity contribution in [3.63, 3.8) is 0 Å². The number of benzene rings is 1. The summed E-state index contributed by atoms with van der Waals surface area (Å²) < 4.78 is 10.9. The molecule has 5 heteroatoms. The van der Waals surface area contributed by atoms with E-state index in [1.807, 2.05) is 19.1 Å². The van der Waals surface area contributed by atoms with Gasteiger partial charge in [0, 0.05) is 13.0 Å². The standard InChI is InChI=1S/C13H16ClNO3/c1-2-12(16)15-4-3-9-7-10(14)13-11(8-9)17-5-6-18-13/h7-8H,2-6H2,1H3,(H,15,16). The number of halogens is 1. The molecule has 0 saturated heterocycles. The predicted octanol–water partition coefficient (Wildman–Crippen LogP) is 2.18. The maximum atomic E-state index is 11.1. The molecule has 0 fully saturated rings. The van der Waals surface area contributed by atoms with Crippen molar-refractivity contribution in [1.29, 1.82) is 0 Å². The van der Waals surface area contributed by atoms with Crippen molar-refractivity contribution in [2.24, 2.45) is 0 Å². The zero-order chi connectivity index (χ0) is 13.0. The molecule has 98 valence electrons. The molecule has 0 radical (unpaired) electrons. The van der Waals surface area contributed by atoms with Crippen molar-refractivity contribution in [3.8, 4) is 11.5 Å². The maximum absolute atomic E-state index is 11.1. The van der Waals surface area contributed by atoms with Gasteiger partial charge in [-0.25, -0.2) is 0 Å². The Morgan fingerprint density at radius 3 is 2.94 bits per heavy atom. The molecule has 18 heavy (non-hydrogen) atoms. The third-order valence-corrected chi connectivity index (χ3v) is 2.99. The predicted molar refractivity (Wildman–Crippen MR) is 69.4 cm³/mol. The second-order valence-corrected chi connectivity index (χ2v) is 4.46. The molecular weight excluding hydrogens is 254 g/mol. The van der Waals surface area contributed by atoms with Crippen LogP contribution in [0.15, 0.2) is 12.1 Å². The van der Waals surface area contributed by atoms with Gasteiger partial charge in [0.15, 0.2) is 11.5 Å². The Bertz CT molecular complexity index is 448. The van der Waals surface area contributed by atoms with Crippen LogP contribution < -0.4 is 14.8 Å². The first-order valence-electron chi connectivity index (χ1n) is 6.05. The Hall–Kier alpha value is -1.42. The van der Waals surface area contributed by atoms with Gasteiger partial charge in [0.25, 0.3) is 0 Å². The normalized spacial score (nSPS) is 13.2. The summed E-state index contributed by atoms with van der Waals surface area (Å²) >= 11 is 6.12. The molecule has 2 rings (SSSR count). The second kappa shape index (κ2) is 5.96. The minimum Gasteiger partial charge on any atom is -0.486 e. The number of hydrogen-bond acceptors (Lipinski definition) is 3. The Morgan fingerprint density at radius 2 is 2.17 bits per heavy atom. The number of carbonyl (C=O) groups excluding carboxylic acids is 1. The molecule has 4 nitrogen and oxygen atoms in total. The summed E-state index contributed by atoms with van der Waals surface area (Å²) in [5.41, 5.74) is 1.03. The third-order valence-electron chi connectivity index (χ3n) is 2.71. The summed E-state index contributed by atoms with van der Waals surface area (Å²) in [7, 11) is 0. The molecule has 0 spiro atoms. The van der Waals surface area contributed by atoms with E-state index in [0.29, 0.717) is 42.7 Å². The number of nitrogens with one attached hydrogen (secondary N) is 1. The summed E-state index contributed by atoms with van der Waals surface area (Å²) in [6, 6.07) is 3.77. The Morgan fingerprint density at radius 1 is 1.39 bits per heavy atom. The highest BCUT2D eigenvalue weighted by Crippen LogP contribution is 2.38. The van der Waals surface area contributed by atoms with Crippen LogP contribution in [0.4, 0.5) is 0 Å². The van der Waals surface area contributed by atoms with Crippen molar-refractivity contribution >= 4 is 17.5 Å². The fraction of sp³-hybridized carbons (Fsp3) is 0.462. The van der Waals surface area contributed by atoms with Crippen LogP contribution in [0, 0.1) is 0 Å². The molecule has 0 aromatic heterocycles. The van der Waals surface area contributed by atoms with Crippen LogP contribution in [0.25, 0.3) is 0 Å². The minimum absolute atomic E-state index is 0.0543. The molecule has 1 amide bonds. The third kappa shape index (κ3) is 3.07. The quantitative estimate of drug-likeness (QED) is 0.911. The SMILES string of the molecule is CCC(=O)NCCc1cc(Cl)c2c(c1)OCCO2.